The summed E-state index contributed by atoms with van der Waals surface area (Å²) in [5, 5.41) is 23.9. The molecular formula is C28H34N3O9P. The minimum Gasteiger partial charge on any atom is -0.460 e. The molecular weight excluding hydrogens is 553 g/mol. The number of allylic oxidation sites excluding steroid dienone is 2. The van der Waals surface area contributed by atoms with Gasteiger partial charge in [0.25, 0.3) is 0 Å². The van der Waals surface area contributed by atoms with Crippen molar-refractivity contribution in [2.75, 3.05) is 13.2 Å². The number of aliphatic hydroxyl groups excluding tert-OH is 2. The monoisotopic (exact) mass is 587 g/mol. The van der Waals surface area contributed by atoms with Crippen molar-refractivity contribution in [1.29, 1.82) is 0 Å². The molecule has 2 aliphatic rings. The molecule has 12 nitrogen and oxygen atoms in total. The summed E-state index contributed by atoms with van der Waals surface area (Å²) in [5.74, 6) is -1.09. The van der Waals surface area contributed by atoms with Crippen molar-refractivity contribution >= 4 is 19.6 Å². The van der Waals surface area contributed by atoms with E-state index in [0.29, 0.717) is 5.57 Å². The standard InChI is InChI=1S/C28H34N3O9P/c1-18-10-12-22(13-11-18)40-41(36,30-19(2)28(35)37-16-20-7-4-3-5-8-20)38-17-23-24(32)25(33)27(39-23)31-14-6-9-21(15-31)26(29)34/h3-14,19,23-25,27,32-33H,15-17H2,1-2H3,(H2,29,34)(H,30,36)/t19?,23?,24-,25?,27?,41?/m1/s1. The molecule has 0 aromatic heterocycles. The molecule has 1 saturated heterocycles. The third kappa shape index (κ3) is 8.04. The van der Waals surface area contributed by atoms with Crippen LogP contribution in [0, 0.1) is 6.92 Å². The molecule has 41 heavy (non-hydrogen) atoms. The molecule has 2 heterocycles. The average Bonchev–Trinajstić information content (AvgIpc) is 3.25. The Morgan fingerprint density at radius 2 is 1.85 bits per heavy atom. The smallest absolute Gasteiger partial charge is 0.459 e. The van der Waals surface area contributed by atoms with Gasteiger partial charge in [-0.3, -0.25) is 14.1 Å². The third-order valence-corrected chi connectivity index (χ3v) is 8.14. The number of carbonyl (C=O) groups is 2. The normalized spacial score (nSPS) is 24.3. The van der Waals surface area contributed by atoms with Crippen LogP contribution in [0.3, 0.4) is 0 Å². The van der Waals surface area contributed by atoms with Gasteiger partial charge in [0.1, 0.15) is 36.7 Å². The number of rotatable bonds is 12. The summed E-state index contributed by atoms with van der Waals surface area (Å²) in [6.07, 6.45) is -0.241. The lowest BCUT2D eigenvalue weighted by molar-refractivity contribution is -0.146. The number of nitrogens with zero attached hydrogens (tertiary/aromatic N) is 1. The van der Waals surface area contributed by atoms with Gasteiger partial charge in [-0.25, -0.2) is 4.57 Å². The van der Waals surface area contributed by atoms with Crippen LogP contribution >= 0.6 is 7.75 Å². The Hall–Kier alpha value is -3.51. The number of aryl methyl sites for hydroxylation is 1. The second-order valence-electron chi connectivity index (χ2n) is 9.76. The van der Waals surface area contributed by atoms with E-state index >= 15 is 0 Å². The van der Waals surface area contributed by atoms with Gasteiger partial charge in [-0.05, 0) is 37.6 Å². The molecule has 4 rings (SSSR count). The Kier molecular flexibility index (Phi) is 9.98. The topological polar surface area (TPSA) is 170 Å². The van der Waals surface area contributed by atoms with Gasteiger partial charge in [-0.2, -0.15) is 5.09 Å². The minimum absolute atomic E-state index is 0.0225. The Morgan fingerprint density at radius 1 is 1.15 bits per heavy atom. The number of primary amides is 1. The second kappa shape index (κ2) is 13.4. The molecule has 0 aliphatic carbocycles. The Bertz CT molecular complexity index is 1320. The number of nitrogens with one attached hydrogen (secondary N) is 1. The predicted molar refractivity (Wildman–Crippen MR) is 148 cm³/mol. The molecule has 0 spiro atoms. The first-order chi connectivity index (χ1) is 19.5. The van der Waals surface area contributed by atoms with E-state index in [0.717, 1.165) is 11.1 Å². The maximum Gasteiger partial charge on any atom is 0.459 e. The fourth-order valence-electron chi connectivity index (χ4n) is 4.19. The van der Waals surface area contributed by atoms with Crippen molar-refractivity contribution in [3.8, 4) is 5.75 Å². The van der Waals surface area contributed by atoms with Crippen LogP contribution in [0.4, 0.5) is 0 Å². The van der Waals surface area contributed by atoms with Gasteiger partial charge < -0.3 is 34.8 Å². The van der Waals surface area contributed by atoms with Crippen molar-refractivity contribution in [3.05, 3.63) is 89.6 Å². The Labute approximate surface area is 237 Å². The lowest BCUT2D eigenvalue weighted by atomic mass is 10.1. The molecule has 0 saturated carbocycles. The van der Waals surface area contributed by atoms with Gasteiger partial charge in [0.05, 0.1) is 13.2 Å². The van der Waals surface area contributed by atoms with Gasteiger partial charge in [-0.1, -0.05) is 54.1 Å². The molecule has 2 aromatic rings. The van der Waals surface area contributed by atoms with Crippen LogP contribution in [0.15, 0.2) is 78.5 Å². The molecule has 0 radical (unpaired) electrons. The number of nitrogens with two attached hydrogens (primary N) is 1. The number of aliphatic hydroxyl groups is 2. The molecule has 0 bridgehead atoms. The largest absolute Gasteiger partial charge is 0.460 e. The molecule has 220 valence electrons. The molecule has 5 unspecified atom stereocenters. The van der Waals surface area contributed by atoms with Crippen molar-refractivity contribution < 1.29 is 42.9 Å². The van der Waals surface area contributed by atoms with Gasteiger partial charge in [0.15, 0.2) is 6.23 Å². The van der Waals surface area contributed by atoms with E-state index in [2.05, 4.69) is 5.09 Å². The molecule has 1 amide bonds. The number of esters is 1. The zero-order valence-electron chi connectivity index (χ0n) is 22.7. The number of hydrogen-bond donors (Lipinski definition) is 4. The number of benzene rings is 2. The van der Waals surface area contributed by atoms with E-state index in [-0.39, 0.29) is 18.9 Å². The summed E-state index contributed by atoms with van der Waals surface area (Å²) in [5.41, 5.74) is 7.40. The number of hydrogen-bond acceptors (Lipinski definition) is 10. The summed E-state index contributed by atoms with van der Waals surface area (Å²) in [4.78, 5) is 25.8. The highest BCUT2D eigenvalue weighted by Gasteiger charge is 2.46. The lowest BCUT2D eigenvalue weighted by Crippen LogP contribution is -2.43. The van der Waals surface area contributed by atoms with E-state index in [9.17, 15) is 24.4 Å². The zero-order chi connectivity index (χ0) is 29.6. The van der Waals surface area contributed by atoms with E-state index in [1.165, 1.54) is 11.8 Å². The zero-order valence-corrected chi connectivity index (χ0v) is 23.6. The van der Waals surface area contributed by atoms with E-state index in [1.54, 1.807) is 54.8 Å². The van der Waals surface area contributed by atoms with Crippen LogP contribution in [0.2, 0.25) is 0 Å². The van der Waals surface area contributed by atoms with Crippen LogP contribution < -0.4 is 15.3 Å². The molecule has 1 fully saturated rings. The quantitative estimate of drug-likeness (QED) is 0.211. The summed E-state index contributed by atoms with van der Waals surface area (Å²) >= 11 is 0. The van der Waals surface area contributed by atoms with Crippen LogP contribution in [-0.4, -0.2) is 70.7 Å². The highest BCUT2D eigenvalue weighted by Crippen LogP contribution is 2.46. The highest BCUT2D eigenvalue weighted by molar-refractivity contribution is 7.52. The first-order valence-corrected chi connectivity index (χ1v) is 14.5. The fourth-order valence-corrected chi connectivity index (χ4v) is 5.69. The fraction of sp³-hybridized carbons (Fsp3) is 0.357. The first-order valence-electron chi connectivity index (χ1n) is 13.0. The highest BCUT2D eigenvalue weighted by atomic mass is 31.2. The maximum absolute atomic E-state index is 13.9. The molecule has 6 atom stereocenters. The average molecular weight is 588 g/mol. The van der Waals surface area contributed by atoms with E-state index in [1.807, 2.05) is 25.1 Å². The van der Waals surface area contributed by atoms with Crippen LogP contribution in [0.5, 0.6) is 5.75 Å². The summed E-state index contributed by atoms with van der Waals surface area (Å²) in [6, 6.07) is 14.7. The number of ether oxygens (including phenoxy) is 2. The van der Waals surface area contributed by atoms with Crippen molar-refractivity contribution in [2.24, 2.45) is 5.73 Å². The molecule has 2 aliphatic heterocycles. The van der Waals surface area contributed by atoms with Crippen molar-refractivity contribution in [2.45, 2.75) is 51.0 Å². The van der Waals surface area contributed by atoms with Gasteiger partial charge in [-0.15, -0.1) is 0 Å². The summed E-state index contributed by atoms with van der Waals surface area (Å²) in [6.45, 7) is 2.95. The molecule has 13 heteroatoms. The van der Waals surface area contributed by atoms with Gasteiger partial charge in [0.2, 0.25) is 5.91 Å². The predicted octanol–water partition coefficient (Wildman–Crippen LogP) is 1.91. The Balaban J connectivity index is 1.42. The second-order valence-corrected chi connectivity index (χ2v) is 11.5. The Morgan fingerprint density at radius 3 is 2.54 bits per heavy atom. The van der Waals surface area contributed by atoms with Crippen LogP contribution in [0.25, 0.3) is 0 Å². The third-order valence-electron chi connectivity index (χ3n) is 6.49. The first kappa shape index (κ1) is 30.4. The minimum atomic E-state index is -4.26. The number of amides is 1. The number of carbonyl (C=O) groups excluding carboxylic acids is 2. The van der Waals surface area contributed by atoms with E-state index in [4.69, 9.17) is 24.3 Å². The lowest BCUT2D eigenvalue weighted by Gasteiger charge is -2.31. The van der Waals surface area contributed by atoms with Crippen LogP contribution in [-0.2, 0) is 34.8 Å². The summed E-state index contributed by atoms with van der Waals surface area (Å²) < 4.78 is 36.3. The van der Waals surface area contributed by atoms with Crippen molar-refractivity contribution in [1.82, 2.24) is 9.99 Å². The maximum atomic E-state index is 13.9. The summed E-state index contributed by atoms with van der Waals surface area (Å²) in [7, 11) is -4.26. The SMILES string of the molecule is Cc1ccc(OP(=O)(NC(C)C(=O)OCc2ccccc2)OCC2OC(N3C=CC=C(C(N)=O)C3)C(O)[C@@H]2O)cc1. The van der Waals surface area contributed by atoms with E-state index < -0.39 is 56.8 Å². The van der Waals surface area contributed by atoms with Gasteiger partial charge >= 0.3 is 13.7 Å². The molecule has 2 aromatic carbocycles. The van der Waals surface area contributed by atoms with Gasteiger partial charge in [0, 0.05) is 11.8 Å². The van der Waals surface area contributed by atoms with Crippen molar-refractivity contribution in [3.63, 3.8) is 0 Å². The molecule has 5 N–H and O–H groups in total. The van der Waals surface area contributed by atoms with Crippen LogP contribution in [0.1, 0.15) is 18.1 Å².